The van der Waals surface area contributed by atoms with Crippen LogP contribution in [0.4, 0.5) is 10.1 Å². The molecule has 1 amide bonds. The fraction of sp³-hybridized carbons (Fsp3) is 0.294. The number of aromatic nitrogens is 1. The number of hydrogen-bond donors (Lipinski definition) is 0. The van der Waals surface area contributed by atoms with Gasteiger partial charge in [0.25, 0.3) is 0 Å². The van der Waals surface area contributed by atoms with Crippen LogP contribution in [0.5, 0.6) is 0 Å². The monoisotopic (exact) mass is 300 g/mol. The van der Waals surface area contributed by atoms with Crippen LogP contribution in [0.3, 0.4) is 0 Å². The number of rotatable bonds is 3. The molecule has 3 rings (SSSR count). The SMILES string of the molecule is O=C(Cc1cccc(F)c1)N1CCN(c2cc[nH+]cc2)CC1. The Hall–Kier alpha value is -2.43. The number of H-pyrrole nitrogens is 1. The number of carbonyl (C=O) groups excluding carboxylic acids is 1. The van der Waals surface area contributed by atoms with Crippen LogP contribution >= 0.6 is 0 Å². The second-order valence-electron chi connectivity index (χ2n) is 5.43. The molecule has 1 aromatic heterocycles. The Morgan fingerprint density at radius 1 is 1.09 bits per heavy atom. The molecule has 0 spiro atoms. The first-order valence-electron chi connectivity index (χ1n) is 7.46. The molecule has 1 saturated heterocycles. The van der Waals surface area contributed by atoms with E-state index in [1.165, 1.54) is 12.1 Å². The zero-order valence-electron chi connectivity index (χ0n) is 12.3. The Kier molecular flexibility index (Phi) is 4.32. The lowest BCUT2D eigenvalue weighted by atomic mass is 10.1. The molecular weight excluding hydrogens is 281 g/mol. The fourth-order valence-corrected chi connectivity index (χ4v) is 2.74. The molecule has 0 radical (unpaired) electrons. The molecule has 4 nitrogen and oxygen atoms in total. The second-order valence-corrected chi connectivity index (χ2v) is 5.43. The molecule has 5 heteroatoms. The van der Waals surface area contributed by atoms with Gasteiger partial charge in [0.05, 0.1) is 6.42 Å². The van der Waals surface area contributed by atoms with E-state index in [1.807, 2.05) is 29.4 Å². The predicted octanol–water partition coefficient (Wildman–Crippen LogP) is 1.53. The van der Waals surface area contributed by atoms with Crippen LogP contribution in [0.1, 0.15) is 5.56 Å². The third-order valence-corrected chi connectivity index (χ3v) is 3.94. The lowest BCUT2D eigenvalue weighted by Gasteiger charge is -2.35. The quantitative estimate of drug-likeness (QED) is 0.862. The third kappa shape index (κ3) is 3.42. The highest BCUT2D eigenvalue weighted by Gasteiger charge is 2.21. The Morgan fingerprint density at radius 2 is 1.82 bits per heavy atom. The van der Waals surface area contributed by atoms with Crippen molar-refractivity contribution in [3.05, 3.63) is 60.2 Å². The van der Waals surface area contributed by atoms with E-state index in [9.17, 15) is 9.18 Å². The van der Waals surface area contributed by atoms with Gasteiger partial charge in [-0.05, 0) is 17.7 Å². The molecule has 1 aliphatic heterocycles. The number of halogens is 1. The van der Waals surface area contributed by atoms with E-state index < -0.39 is 0 Å². The van der Waals surface area contributed by atoms with E-state index in [0.29, 0.717) is 13.1 Å². The van der Waals surface area contributed by atoms with Crippen molar-refractivity contribution in [1.82, 2.24) is 4.90 Å². The van der Waals surface area contributed by atoms with Crippen molar-refractivity contribution in [3.8, 4) is 0 Å². The van der Waals surface area contributed by atoms with Gasteiger partial charge < -0.3 is 9.80 Å². The summed E-state index contributed by atoms with van der Waals surface area (Å²) in [5.74, 6) is -0.234. The van der Waals surface area contributed by atoms with Crippen LogP contribution in [-0.4, -0.2) is 37.0 Å². The number of pyridine rings is 1. The minimum absolute atomic E-state index is 0.0617. The van der Waals surface area contributed by atoms with Gasteiger partial charge in [-0.1, -0.05) is 12.1 Å². The minimum atomic E-state index is -0.295. The third-order valence-electron chi connectivity index (χ3n) is 3.94. The number of benzene rings is 1. The van der Waals surface area contributed by atoms with Crippen molar-refractivity contribution in [1.29, 1.82) is 0 Å². The van der Waals surface area contributed by atoms with E-state index in [4.69, 9.17) is 0 Å². The molecule has 114 valence electrons. The molecule has 0 bridgehead atoms. The highest BCUT2D eigenvalue weighted by atomic mass is 19.1. The first kappa shape index (κ1) is 14.5. The lowest BCUT2D eigenvalue weighted by molar-refractivity contribution is -0.377. The number of piperazine rings is 1. The lowest BCUT2D eigenvalue weighted by Crippen LogP contribution is -2.49. The predicted molar refractivity (Wildman–Crippen MR) is 81.9 cm³/mol. The van der Waals surface area contributed by atoms with Crippen LogP contribution in [-0.2, 0) is 11.2 Å². The minimum Gasteiger partial charge on any atom is -0.368 e. The number of nitrogens with zero attached hydrogens (tertiary/aromatic N) is 2. The summed E-state index contributed by atoms with van der Waals surface area (Å²) in [5.41, 5.74) is 1.89. The molecule has 1 aliphatic rings. The summed E-state index contributed by atoms with van der Waals surface area (Å²) in [7, 11) is 0. The van der Waals surface area contributed by atoms with Crippen LogP contribution in [0.25, 0.3) is 0 Å². The molecule has 1 aromatic carbocycles. The summed E-state index contributed by atoms with van der Waals surface area (Å²) >= 11 is 0. The largest absolute Gasteiger partial charge is 0.368 e. The summed E-state index contributed by atoms with van der Waals surface area (Å²) in [6.07, 6.45) is 4.06. The maximum Gasteiger partial charge on any atom is 0.227 e. The molecule has 22 heavy (non-hydrogen) atoms. The highest BCUT2D eigenvalue weighted by molar-refractivity contribution is 5.79. The molecule has 2 aromatic rings. The average molecular weight is 300 g/mol. The van der Waals surface area contributed by atoms with Gasteiger partial charge in [-0.25, -0.2) is 9.37 Å². The maximum absolute atomic E-state index is 13.2. The standard InChI is InChI=1S/C17H18FN3O/c18-15-3-1-2-14(12-15)13-17(22)21-10-8-20(9-11-21)16-4-6-19-7-5-16/h1-7,12H,8-11,13H2/p+1. The Bertz CT molecular complexity index is 639. The summed E-state index contributed by atoms with van der Waals surface area (Å²) in [6, 6.07) is 10.3. The molecule has 0 unspecified atom stereocenters. The van der Waals surface area contributed by atoms with Gasteiger partial charge in [0, 0.05) is 44.0 Å². The number of aromatic amines is 1. The van der Waals surface area contributed by atoms with Gasteiger partial charge >= 0.3 is 0 Å². The first-order chi connectivity index (χ1) is 10.7. The Morgan fingerprint density at radius 3 is 2.50 bits per heavy atom. The van der Waals surface area contributed by atoms with Gasteiger partial charge in [0.1, 0.15) is 5.82 Å². The average Bonchev–Trinajstić information content (AvgIpc) is 2.56. The number of carbonyl (C=O) groups is 1. The van der Waals surface area contributed by atoms with Crippen molar-refractivity contribution < 1.29 is 14.2 Å². The van der Waals surface area contributed by atoms with E-state index in [-0.39, 0.29) is 18.1 Å². The van der Waals surface area contributed by atoms with Crippen molar-refractivity contribution in [3.63, 3.8) is 0 Å². The zero-order valence-corrected chi connectivity index (χ0v) is 12.3. The van der Waals surface area contributed by atoms with E-state index in [0.717, 1.165) is 24.3 Å². The highest BCUT2D eigenvalue weighted by Crippen LogP contribution is 2.15. The van der Waals surface area contributed by atoms with Gasteiger partial charge in [0.15, 0.2) is 12.4 Å². The summed E-state index contributed by atoms with van der Waals surface area (Å²) in [6.45, 7) is 3.04. The van der Waals surface area contributed by atoms with Crippen LogP contribution in [0.15, 0.2) is 48.8 Å². The van der Waals surface area contributed by atoms with Gasteiger partial charge in [-0.15, -0.1) is 0 Å². The van der Waals surface area contributed by atoms with Crippen LogP contribution in [0.2, 0.25) is 0 Å². The second kappa shape index (κ2) is 6.56. The molecule has 0 saturated carbocycles. The maximum atomic E-state index is 13.2. The smallest absolute Gasteiger partial charge is 0.227 e. The normalized spacial score (nSPS) is 15.0. The topological polar surface area (TPSA) is 37.7 Å². The molecule has 1 fully saturated rings. The Balaban J connectivity index is 1.56. The molecule has 0 atom stereocenters. The first-order valence-corrected chi connectivity index (χ1v) is 7.46. The van der Waals surface area contributed by atoms with Crippen LogP contribution in [0, 0.1) is 5.82 Å². The number of amides is 1. The fourth-order valence-electron chi connectivity index (χ4n) is 2.74. The summed E-state index contributed by atoms with van der Waals surface area (Å²) < 4.78 is 13.2. The number of hydrogen-bond acceptors (Lipinski definition) is 2. The molecule has 0 aliphatic carbocycles. The van der Waals surface area contributed by atoms with Crippen LogP contribution < -0.4 is 9.88 Å². The van der Waals surface area contributed by atoms with Gasteiger partial charge in [-0.3, -0.25) is 4.79 Å². The van der Waals surface area contributed by atoms with Gasteiger partial charge in [0.2, 0.25) is 5.91 Å². The molecule has 2 heterocycles. The van der Waals surface area contributed by atoms with Crippen molar-refractivity contribution in [2.45, 2.75) is 6.42 Å². The molecular formula is C17H19FN3O+. The zero-order chi connectivity index (χ0) is 15.4. The van der Waals surface area contributed by atoms with Crippen molar-refractivity contribution >= 4 is 11.6 Å². The van der Waals surface area contributed by atoms with E-state index >= 15 is 0 Å². The van der Waals surface area contributed by atoms with Crippen molar-refractivity contribution in [2.24, 2.45) is 0 Å². The summed E-state index contributed by atoms with van der Waals surface area (Å²) in [4.78, 5) is 19.4. The van der Waals surface area contributed by atoms with Gasteiger partial charge in [-0.2, -0.15) is 0 Å². The van der Waals surface area contributed by atoms with Crippen molar-refractivity contribution in [2.75, 3.05) is 31.1 Å². The summed E-state index contributed by atoms with van der Waals surface area (Å²) in [5, 5.41) is 0. The molecule has 1 N–H and O–H groups in total. The Labute approximate surface area is 129 Å². The number of anilines is 1. The number of nitrogens with one attached hydrogen (secondary N) is 1. The van der Waals surface area contributed by atoms with E-state index in [1.54, 1.807) is 12.1 Å². The van der Waals surface area contributed by atoms with E-state index in [2.05, 4.69) is 9.88 Å².